The Hall–Kier alpha value is -2.09. The molecule has 0 heterocycles. The Morgan fingerprint density at radius 1 is 1.05 bits per heavy atom. The number of rotatable bonds is 6. The third kappa shape index (κ3) is 3.94. The van der Waals surface area contributed by atoms with Crippen LogP contribution in [-0.4, -0.2) is 11.1 Å². The predicted molar refractivity (Wildman–Crippen MR) is 86.8 cm³/mol. The fraction of sp³-hybridized carbons (Fsp3) is 0.316. The molecule has 0 saturated carbocycles. The maximum atomic E-state index is 11.3. The van der Waals surface area contributed by atoms with Gasteiger partial charge in [0.1, 0.15) is 0 Å². The Morgan fingerprint density at radius 2 is 1.76 bits per heavy atom. The van der Waals surface area contributed by atoms with E-state index >= 15 is 0 Å². The van der Waals surface area contributed by atoms with E-state index in [1.165, 1.54) is 24.8 Å². The number of unbranched alkanes of at least 4 members (excludes halogenated alkanes) is 2. The summed E-state index contributed by atoms with van der Waals surface area (Å²) < 4.78 is 0. The van der Waals surface area contributed by atoms with Crippen molar-refractivity contribution >= 4 is 5.97 Å². The van der Waals surface area contributed by atoms with Gasteiger partial charge in [0, 0.05) is 0 Å². The number of carboxylic acids is 1. The summed E-state index contributed by atoms with van der Waals surface area (Å²) in [7, 11) is 0. The summed E-state index contributed by atoms with van der Waals surface area (Å²) in [5.41, 5.74) is 4.51. The molecule has 0 atom stereocenters. The monoisotopic (exact) mass is 282 g/mol. The molecule has 2 aromatic carbocycles. The van der Waals surface area contributed by atoms with E-state index < -0.39 is 5.97 Å². The zero-order valence-corrected chi connectivity index (χ0v) is 12.7. The summed E-state index contributed by atoms with van der Waals surface area (Å²) in [5.74, 6) is -0.878. The molecule has 0 aliphatic carbocycles. The van der Waals surface area contributed by atoms with Crippen molar-refractivity contribution in [1.82, 2.24) is 0 Å². The Bertz CT molecular complexity index is 612. The molecular weight excluding hydrogens is 260 g/mol. The van der Waals surface area contributed by atoms with Crippen LogP contribution in [0.15, 0.2) is 42.5 Å². The highest BCUT2D eigenvalue weighted by Crippen LogP contribution is 2.26. The summed E-state index contributed by atoms with van der Waals surface area (Å²) in [4.78, 5) is 11.3. The third-order valence-corrected chi connectivity index (χ3v) is 3.74. The molecular formula is C19H22O2. The van der Waals surface area contributed by atoms with E-state index in [4.69, 9.17) is 0 Å². The first kappa shape index (κ1) is 15.3. The number of carboxylic acid groups (broad SMARTS) is 1. The first-order chi connectivity index (χ1) is 10.1. The molecule has 21 heavy (non-hydrogen) atoms. The van der Waals surface area contributed by atoms with Gasteiger partial charge in [-0.1, -0.05) is 61.7 Å². The van der Waals surface area contributed by atoms with Crippen LogP contribution >= 0.6 is 0 Å². The van der Waals surface area contributed by atoms with Crippen LogP contribution in [0.4, 0.5) is 0 Å². The number of aromatic carboxylic acids is 1. The van der Waals surface area contributed by atoms with Crippen molar-refractivity contribution < 1.29 is 9.90 Å². The maximum absolute atomic E-state index is 11.3. The highest BCUT2D eigenvalue weighted by Gasteiger charge is 2.11. The molecule has 110 valence electrons. The molecule has 2 aromatic rings. The zero-order valence-electron chi connectivity index (χ0n) is 12.7. The second-order valence-electron chi connectivity index (χ2n) is 5.51. The molecule has 0 saturated heterocycles. The minimum atomic E-state index is -0.878. The van der Waals surface area contributed by atoms with Gasteiger partial charge in [0.25, 0.3) is 0 Å². The van der Waals surface area contributed by atoms with Crippen molar-refractivity contribution in [3.63, 3.8) is 0 Å². The normalized spacial score (nSPS) is 10.6. The Balaban J connectivity index is 2.26. The first-order valence-corrected chi connectivity index (χ1v) is 7.55. The molecule has 0 aliphatic heterocycles. The Morgan fingerprint density at radius 3 is 2.38 bits per heavy atom. The Labute approximate surface area is 126 Å². The molecule has 0 aromatic heterocycles. The van der Waals surface area contributed by atoms with Gasteiger partial charge in [-0.3, -0.25) is 0 Å². The molecule has 0 aliphatic rings. The van der Waals surface area contributed by atoms with Gasteiger partial charge < -0.3 is 5.11 Å². The minimum Gasteiger partial charge on any atom is -0.478 e. The third-order valence-electron chi connectivity index (χ3n) is 3.74. The van der Waals surface area contributed by atoms with Gasteiger partial charge in [0.15, 0.2) is 0 Å². The van der Waals surface area contributed by atoms with Crippen molar-refractivity contribution in [2.24, 2.45) is 0 Å². The number of aryl methyl sites for hydroxylation is 2. The van der Waals surface area contributed by atoms with E-state index in [2.05, 4.69) is 19.1 Å². The van der Waals surface area contributed by atoms with Gasteiger partial charge in [-0.15, -0.1) is 0 Å². The van der Waals surface area contributed by atoms with E-state index in [1.807, 2.05) is 31.2 Å². The van der Waals surface area contributed by atoms with Crippen molar-refractivity contribution in [1.29, 1.82) is 0 Å². The van der Waals surface area contributed by atoms with Crippen molar-refractivity contribution in [2.45, 2.75) is 39.5 Å². The summed E-state index contributed by atoms with van der Waals surface area (Å²) in [6.07, 6.45) is 4.78. The van der Waals surface area contributed by atoms with Gasteiger partial charge >= 0.3 is 5.97 Å². The topological polar surface area (TPSA) is 37.3 Å². The smallest absolute Gasteiger partial charge is 0.336 e. The first-order valence-electron chi connectivity index (χ1n) is 7.55. The predicted octanol–water partition coefficient (Wildman–Crippen LogP) is 5.09. The molecule has 0 fully saturated rings. The fourth-order valence-electron chi connectivity index (χ4n) is 2.51. The van der Waals surface area contributed by atoms with Crippen LogP contribution in [0.2, 0.25) is 0 Å². The lowest BCUT2D eigenvalue weighted by Gasteiger charge is -2.09. The average Bonchev–Trinajstić information content (AvgIpc) is 2.48. The van der Waals surface area contributed by atoms with Gasteiger partial charge in [0.05, 0.1) is 5.56 Å². The molecule has 0 amide bonds. The summed E-state index contributed by atoms with van der Waals surface area (Å²) in [6, 6.07) is 13.7. The largest absolute Gasteiger partial charge is 0.478 e. The number of benzene rings is 2. The summed E-state index contributed by atoms with van der Waals surface area (Å²) >= 11 is 0. The summed E-state index contributed by atoms with van der Waals surface area (Å²) in [5, 5.41) is 9.32. The van der Waals surface area contributed by atoms with Crippen LogP contribution in [0.3, 0.4) is 0 Å². The van der Waals surface area contributed by atoms with Crippen molar-refractivity contribution in [3.05, 3.63) is 59.2 Å². The van der Waals surface area contributed by atoms with Crippen LogP contribution in [0.25, 0.3) is 11.1 Å². The van der Waals surface area contributed by atoms with Crippen LogP contribution in [0, 0.1) is 6.92 Å². The van der Waals surface area contributed by atoms with E-state index in [9.17, 15) is 9.90 Å². The van der Waals surface area contributed by atoms with Gasteiger partial charge in [-0.25, -0.2) is 4.79 Å². The highest BCUT2D eigenvalue weighted by molar-refractivity contribution is 5.96. The van der Waals surface area contributed by atoms with E-state index in [1.54, 1.807) is 6.07 Å². The quantitative estimate of drug-likeness (QED) is 0.749. The second-order valence-corrected chi connectivity index (χ2v) is 5.51. The molecule has 2 heteroatoms. The minimum absolute atomic E-state index is 0.360. The second kappa shape index (κ2) is 7.07. The highest BCUT2D eigenvalue weighted by atomic mass is 16.4. The average molecular weight is 282 g/mol. The van der Waals surface area contributed by atoms with Crippen LogP contribution in [0.5, 0.6) is 0 Å². The van der Waals surface area contributed by atoms with Crippen molar-refractivity contribution in [3.8, 4) is 11.1 Å². The molecule has 1 N–H and O–H groups in total. The molecule has 2 rings (SSSR count). The van der Waals surface area contributed by atoms with Crippen LogP contribution < -0.4 is 0 Å². The van der Waals surface area contributed by atoms with E-state index in [0.717, 1.165) is 23.1 Å². The van der Waals surface area contributed by atoms with Gasteiger partial charge in [0.2, 0.25) is 0 Å². The number of hydrogen-bond donors (Lipinski definition) is 1. The van der Waals surface area contributed by atoms with E-state index in [-0.39, 0.29) is 0 Å². The van der Waals surface area contributed by atoms with Gasteiger partial charge in [-0.2, -0.15) is 0 Å². The molecule has 0 radical (unpaired) electrons. The lowest BCUT2D eigenvalue weighted by molar-refractivity contribution is 0.0697. The standard InChI is InChI=1S/C19H22O2/c1-3-4-5-6-15-8-10-16(11-9-15)18-13-14(2)7-12-17(18)19(20)21/h7-13H,3-6H2,1-2H3,(H,20,21). The zero-order chi connectivity index (χ0) is 15.2. The molecule has 0 bridgehead atoms. The SMILES string of the molecule is CCCCCc1ccc(-c2cc(C)ccc2C(=O)O)cc1. The Kier molecular flexibility index (Phi) is 5.15. The molecule has 0 spiro atoms. The fourth-order valence-corrected chi connectivity index (χ4v) is 2.51. The van der Waals surface area contributed by atoms with Crippen LogP contribution in [-0.2, 0) is 6.42 Å². The number of hydrogen-bond acceptors (Lipinski definition) is 1. The van der Waals surface area contributed by atoms with E-state index in [0.29, 0.717) is 5.56 Å². The summed E-state index contributed by atoms with van der Waals surface area (Å²) in [6.45, 7) is 4.18. The van der Waals surface area contributed by atoms with Gasteiger partial charge in [-0.05, 0) is 42.5 Å². The van der Waals surface area contributed by atoms with Crippen LogP contribution in [0.1, 0.15) is 47.7 Å². The van der Waals surface area contributed by atoms with Crippen molar-refractivity contribution in [2.75, 3.05) is 0 Å². The lowest BCUT2D eigenvalue weighted by atomic mass is 9.96. The molecule has 0 unspecified atom stereocenters. The lowest BCUT2D eigenvalue weighted by Crippen LogP contribution is -2.00. The molecule has 2 nitrogen and oxygen atoms in total. The number of carbonyl (C=O) groups is 1. The maximum Gasteiger partial charge on any atom is 0.336 e.